The molecular weight excluding hydrogens is 274 g/mol. The van der Waals surface area contributed by atoms with Crippen LogP contribution in [-0.4, -0.2) is 16.0 Å². The van der Waals surface area contributed by atoms with E-state index in [1.54, 1.807) is 12.1 Å². The van der Waals surface area contributed by atoms with Crippen LogP contribution in [0.4, 0.5) is 5.69 Å². The number of hydrogen-bond donors (Lipinski definition) is 1. The molecule has 0 saturated heterocycles. The number of rotatable bonds is 3. The topological polar surface area (TPSA) is 89.7 Å². The molecule has 106 valence electrons. The van der Waals surface area contributed by atoms with Crippen LogP contribution in [0.2, 0.25) is 0 Å². The molecule has 1 heterocycles. The lowest BCUT2D eigenvalue weighted by atomic mass is 9.91. The zero-order valence-electron chi connectivity index (χ0n) is 10.9. The van der Waals surface area contributed by atoms with Crippen LogP contribution in [0, 0.1) is 10.1 Å². The van der Waals surface area contributed by atoms with Crippen LogP contribution in [0.5, 0.6) is 5.75 Å². The Morgan fingerprint density at radius 3 is 2.71 bits per heavy atom. The predicted octanol–water partition coefficient (Wildman–Crippen LogP) is 3.17. The number of carboxylic acid groups (broad SMARTS) is 1. The second-order valence-corrected chi connectivity index (χ2v) is 4.73. The van der Waals surface area contributed by atoms with Crippen LogP contribution in [0.1, 0.15) is 18.1 Å². The Kier molecular flexibility index (Phi) is 3.06. The van der Waals surface area contributed by atoms with Gasteiger partial charge in [-0.1, -0.05) is 24.3 Å². The summed E-state index contributed by atoms with van der Waals surface area (Å²) in [5.41, 5.74) is 2.09. The molecule has 1 N–H and O–H groups in total. The Balaban J connectivity index is 2.14. The standard InChI is InChI=1S/C15H11NO5/c17-15(18)8-14-11-4-2-1-3-10(11)12-7-9(16(19)20)5-6-13(12)21-14/h1-7,14H,8H2,(H,17,18). The maximum atomic E-state index is 11.0. The van der Waals surface area contributed by atoms with Crippen LogP contribution in [0.3, 0.4) is 0 Å². The van der Waals surface area contributed by atoms with E-state index >= 15 is 0 Å². The molecule has 0 radical (unpaired) electrons. The van der Waals surface area contributed by atoms with Crippen molar-refractivity contribution in [3.05, 3.63) is 58.1 Å². The molecule has 1 atom stereocenters. The third-order valence-corrected chi connectivity index (χ3v) is 3.40. The molecule has 0 aliphatic carbocycles. The molecule has 6 nitrogen and oxygen atoms in total. The Hall–Kier alpha value is -2.89. The average molecular weight is 285 g/mol. The third kappa shape index (κ3) is 2.31. The van der Waals surface area contributed by atoms with Crippen LogP contribution in [0.15, 0.2) is 42.5 Å². The van der Waals surface area contributed by atoms with Gasteiger partial charge in [-0.25, -0.2) is 0 Å². The molecule has 0 amide bonds. The lowest BCUT2D eigenvalue weighted by molar-refractivity contribution is -0.384. The number of nitrogens with zero attached hydrogens (tertiary/aromatic N) is 1. The molecule has 2 aromatic carbocycles. The van der Waals surface area contributed by atoms with Crippen LogP contribution in [-0.2, 0) is 4.79 Å². The summed E-state index contributed by atoms with van der Waals surface area (Å²) in [4.78, 5) is 21.4. The highest BCUT2D eigenvalue weighted by Gasteiger charge is 2.28. The van der Waals surface area contributed by atoms with Crippen molar-refractivity contribution in [1.29, 1.82) is 0 Å². The van der Waals surface area contributed by atoms with Gasteiger partial charge in [-0.05, 0) is 11.6 Å². The monoisotopic (exact) mass is 285 g/mol. The second-order valence-electron chi connectivity index (χ2n) is 4.73. The fourth-order valence-electron chi connectivity index (χ4n) is 2.49. The minimum atomic E-state index is -0.958. The van der Waals surface area contributed by atoms with Gasteiger partial charge in [0.15, 0.2) is 0 Å². The normalized spacial score (nSPS) is 15.5. The van der Waals surface area contributed by atoms with Crippen LogP contribution in [0.25, 0.3) is 11.1 Å². The Morgan fingerprint density at radius 2 is 2.00 bits per heavy atom. The van der Waals surface area contributed by atoms with E-state index in [9.17, 15) is 14.9 Å². The van der Waals surface area contributed by atoms with E-state index in [-0.39, 0.29) is 12.1 Å². The van der Waals surface area contributed by atoms with E-state index < -0.39 is 17.0 Å². The van der Waals surface area contributed by atoms with Crippen molar-refractivity contribution in [2.24, 2.45) is 0 Å². The number of nitro groups is 1. The molecule has 0 aromatic heterocycles. The minimum absolute atomic E-state index is 0.0242. The van der Waals surface area contributed by atoms with Gasteiger partial charge in [-0.3, -0.25) is 14.9 Å². The molecule has 1 aliphatic rings. The van der Waals surface area contributed by atoms with Gasteiger partial charge in [0.1, 0.15) is 11.9 Å². The van der Waals surface area contributed by atoms with Gasteiger partial charge in [0, 0.05) is 23.3 Å². The minimum Gasteiger partial charge on any atom is -0.484 e. The number of fused-ring (bicyclic) bond motifs is 3. The number of aliphatic carboxylic acids is 1. The first-order chi connectivity index (χ1) is 10.1. The van der Waals surface area contributed by atoms with Gasteiger partial charge < -0.3 is 9.84 Å². The zero-order valence-corrected chi connectivity index (χ0v) is 10.9. The summed E-state index contributed by atoms with van der Waals surface area (Å²) in [6.45, 7) is 0. The number of ether oxygens (including phenoxy) is 1. The number of carbonyl (C=O) groups is 1. The molecule has 0 saturated carbocycles. The first-order valence-electron chi connectivity index (χ1n) is 6.32. The number of nitro benzene ring substituents is 1. The lowest BCUT2D eigenvalue weighted by Crippen LogP contribution is -2.17. The summed E-state index contributed by atoms with van der Waals surface area (Å²) in [5.74, 6) is -0.495. The number of carboxylic acids is 1. The highest BCUT2D eigenvalue weighted by molar-refractivity contribution is 5.79. The van der Waals surface area contributed by atoms with Gasteiger partial charge in [0.2, 0.25) is 0 Å². The summed E-state index contributed by atoms with van der Waals surface area (Å²) in [6, 6.07) is 11.5. The quantitative estimate of drug-likeness (QED) is 0.691. The maximum absolute atomic E-state index is 11.0. The first kappa shape index (κ1) is 13.1. The molecule has 2 aromatic rings. The molecule has 0 bridgehead atoms. The molecule has 0 fully saturated rings. The molecule has 1 unspecified atom stereocenters. The summed E-state index contributed by atoms with van der Waals surface area (Å²) in [6.07, 6.45) is -0.749. The van der Waals surface area contributed by atoms with Gasteiger partial charge in [0.25, 0.3) is 5.69 Å². The van der Waals surface area contributed by atoms with Crippen molar-refractivity contribution in [2.45, 2.75) is 12.5 Å². The molecule has 1 aliphatic heterocycles. The van der Waals surface area contributed by atoms with E-state index in [0.717, 1.165) is 11.1 Å². The number of hydrogen-bond acceptors (Lipinski definition) is 4. The first-order valence-corrected chi connectivity index (χ1v) is 6.32. The molecule has 3 rings (SSSR count). The summed E-state index contributed by atoms with van der Waals surface area (Å²) < 4.78 is 5.70. The van der Waals surface area contributed by atoms with Crippen LogP contribution < -0.4 is 4.74 Å². The van der Waals surface area contributed by atoms with E-state index in [4.69, 9.17) is 9.84 Å². The Labute approximate surface area is 119 Å². The zero-order chi connectivity index (χ0) is 15.0. The predicted molar refractivity (Wildman–Crippen MR) is 74.2 cm³/mol. The second kappa shape index (κ2) is 4.90. The van der Waals surface area contributed by atoms with Crippen LogP contribution >= 0.6 is 0 Å². The van der Waals surface area contributed by atoms with Gasteiger partial charge in [-0.2, -0.15) is 0 Å². The molecule has 21 heavy (non-hydrogen) atoms. The maximum Gasteiger partial charge on any atom is 0.307 e. The lowest BCUT2D eigenvalue weighted by Gasteiger charge is -2.27. The largest absolute Gasteiger partial charge is 0.484 e. The van der Waals surface area contributed by atoms with Gasteiger partial charge in [0.05, 0.1) is 11.3 Å². The van der Waals surface area contributed by atoms with Crippen molar-refractivity contribution in [1.82, 2.24) is 0 Å². The summed E-state index contributed by atoms with van der Waals surface area (Å²) in [7, 11) is 0. The Bertz CT molecular complexity index is 741. The summed E-state index contributed by atoms with van der Waals surface area (Å²) >= 11 is 0. The third-order valence-electron chi connectivity index (χ3n) is 3.40. The van der Waals surface area contributed by atoms with E-state index in [2.05, 4.69) is 0 Å². The SMILES string of the molecule is O=C(O)CC1Oc2ccc([N+](=O)[O-])cc2-c2ccccc21. The van der Waals surface area contributed by atoms with Gasteiger partial charge >= 0.3 is 5.97 Å². The Morgan fingerprint density at radius 1 is 1.24 bits per heavy atom. The highest BCUT2D eigenvalue weighted by atomic mass is 16.6. The highest BCUT2D eigenvalue weighted by Crippen LogP contribution is 2.44. The molecule has 0 spiro atoms. The average Bonchev–Trinajstić information content (AvgIpc) is 2.46. The van der Waals surface area contributed by atoms with E-state index in [1.807, 2.05) is 12.1 Å². The van der Waals surface area contributed by atoms with Crippen molar-refractivity contribution in [3.63, 3.8) is 0 Å². The fraction of sp³-hybridized carbons (Fsp3) is 0.133. The fourth-order valence-corrected chi connectivity index (χ4v) is 2.49. The van der Waals surface area contributed by atoms with E-state index in [0.29, 0.717) is 11.3 Å². The van der Waals surface area contributed by atoms with Crippen molar-refractivity contribution < 1.29 is 19.6 Å². The number of benzene rings is 2. The smallest absolute Gasteiger partial charge is 0.307 e. The molecule has 6 heteroatoms. The van der Waals surface area contributed by atoms with E-state index in [1.165, 1.54) is 18.2 Å². The van der Waals surface area contributed by atoms with Crippen molar-refractivity contribution >= 4 is 11.7 Å². The van der Waals surface area contributed by atoms with Gasteiger partial charge in [-0.15, -0.1) is 0 Å². The van der Waals surface area contributed by atoms with Crippen molar-refractivity contribution in [3.8, 4) is 16.9 Å². The molecular formula is C15H11NO5. The van der Waals surface area contributed by atoms with Crippen molar-refractivity contribution in [2.75, 3.05) is 0 Å². The summed E-state index contributed by atoms with van der Waals surface area (Å²) in [5, 5.41) is 19.9. The number of non-ortho nitro benzene ring substituents is 1.